The predicted octanol–water partition coefficient (Wildman–Crippen LogP) is 4.50. The molecule has 3 nitrogen and oxygen atoms in total. The molecule has 8 heteroatoms. The van der Waals surface area contributed by atoms with Gasteiger partial charge in [-0.25, -0.2) is 0 Å². The van der Waals surface area contributed by atoms with Gasteiger partial charge in [-0.2, -0.15) is 13.2 Å². The maximum Gasteiger partial charge on any atom is 0.417 e. The van der Waals surface area contributed by atoms with Gasteiger partial charge in [0.2, 0.25) is 0 Å². The van der Waals surface area contributed by atoms with E-state index in [1.165, 1.54) is 29.5 Å². The second kappa shape index (κ2) is 5.36. The predicted molar refractivity (Wildman–Crippen MR) is 80.3 cm³/mol. The molecular formula is C14H9F3N2OS2. The lowest BCUT2D eigenvalue weighted by atomic mass is 10.2. The number of thiophene rings is 1. The first kappa shape index (κ1) is 15.0. The third-order valence-electron chi connectivity index (χ3n) is 3.01. The number of halogens is 3. The molecule has 0 aliphatic heterocycles. The summed E-state index contributed by atoms with van der Waals surface area (Å²) in [6, 6.07) is 7.01. The summed E-state index contributed by atoms with van der Waals surface area (Å²) < 4.78 is 40.0. The van der Waals surface area contributed by atoms with Gasteiger partial charge in [0.25, 0.3) is 5.91 Å². The Hall–Kier alpha value is -1.93. The number of hydrogen-bond acceptors (Lipinski definition) is 3. The maximum atomic E-state index is 13.1. The van der Waals surface area contributed by atoms with E-state index in [0.29, 0.717) is 10.4 Å². The highest BCUT2D eigenvalue weighted by molar-refractivity contribution is 7.99. The van der Waals surface area contributed by atoms with Crippen LogP contribution >= 0.6 is 23.1 Å². The number of nitrogens with two attached hydrogens (primary N) is 1. The van der Waals surface area contributed by atoms with Crippen molar-refractivity contribution in [3.05, 3.63) is 47.0 Å². The van der Waals surface area contributed by atoms with E-state index in [4.69, 9.17) is 5.73 Å². The quantitative estimate of drug-likeness (QED) is 0.736. The molecular weight excluding hydrogens is 333 g/mol. The second-order valence-electron chi connectivity index (χ2n) is 4.45. The number of H-pyrrole nitrogens is 1. The normalized spacial score (nSPS) is 12.0. The summed E-state index contributed by atoms with van der Waals surface area (Å²) >= 11 is 2.24. The van der Waals surface area contributed by atoms with Crippen molar-refractivity contribution in [2.75, 3.05) is 0 Å². The molecule has 1 aromatic carbocycles. The molecule has 0 radical (unpaired) electrons. The minimum atomic E-state index is -4.46. The van der Waals surface area contributed by atoms with Crippen LogP contribution in [0, 0.1) is 0 Å². The van der Waals surface area contributed by atoms with Gasteiger partial charge in [0, 0.05) is 4.90 Å². The monoisotopic (exact) mass is 342 g/mol. The van der Waals surface area contributed by atoms with Gasteiger partial charge >= 0.3 is 6.18 Å². The van der Waals surface area contributed by atoms with Crippen LogP contribution < -0.4 is 5.73 Å². The van der Waals surface area contributed by atoms with Gasteiger partial charge < -0.3 is 10.7 Å². The van der Waals surface area contributed by atoms with Crippen molar-refractivity contribution in [2.45, 2.75) is 16.0 Å². The van der Waals surface area contributed by atoms with E-state index in [0.717, 1.165) is 22.5 Å². The Morgan fingerprint density at radius 1 is 1.23 bits per heavy atom. The Bertz CT molecular complexity index is 851. The van der Waals surface area contributed by atoms with Crippen molar-refractivity contribution in [2.24, 2.45) is 5.73 Å². The zero-order valence-electron chi connectivity index (χ0n) is 10.9. The van der Waals surface area contributed by atoms with Gasteiger partial charge in [-0.05, 0) is 23.6 Å². The van der Waals surface area contributed by atoms with Crippen LogP contribution in [-0.4, -0.2) is 10.9 Å². The maximum absolute atomic E-state index is 13.1. The lowest BCUT2D eigenvalue weighted by Crippen LogP contribution is -2.12. The lowest BCUT2D eigenvalue weighted by Gasteiger charge is -2.12. The van der Waals surface area contributed by atoms with E-state index in [9.17, 15) is 18.0 Å². The first-order valence-corrected chi connectivity index (χ1v) is 7.80. The van der Waals surface area contributed by atoms with Gasteiger partial charge in [0.15, 0.2) is 0 Å². The third-order valence-corrected chi connectivity index (χ3v) is 5.26. The number of primary amides is 1. The minimum absolute atomic E-state index is 0.0341. The van der Waals surface area contributed by atoms with Gasteiger partial charge in [0.05, 0.1) is 20.7 Å². The molecule has 3 aromatic rings. The molecule has 0 bridgehead atoms. The number of alkyl halides is 3. The molecule has 0 aliphatic carbocycles. The van der Waals surface area contributed by atoms with Crippen LogP contribution in [-0.2, 0) is 6.18 Å². The fourth-order valence-electron chi connectivity index (χ4n) is 2.06. The van der Waals surface area contributed by atoms with Crippen LogP contribution in [0.5, 0.6) is 0 Å². The summed E-state index contributed by atoms with van der Waals surface area (Å²) in [6.45, 7) is 0. The molecule has 0 spiro atoms. The molecule has 0 saturated carbocycles. The average molecular weight is 342 g/mol. The molecule has 22 heavy (non-hydrogen) atoms. The van der Waals surface area contributed by atoms with Gasteiger partial charge in [0.1, 0.15) is 5.69 Å². The third kappa shape index (κ3) is 2.59. The molecule has 114 valence electrons. The Morgan fingerprint density at radius 2 is 1.95 bits per heavy atom. The van der Waals surface area contributed by atoms with Gasteiger partial charge in [-0.1, -0.05) is 23.9 Å². The van der Waals surface area contributed by atoms with E-state index in [2.05, 4.69) is 4.98 Å². The number of rotatable bonds is 3. The van der Waals surface area contributed by atoms with E-state index in [1.807, 2.05) is 0 Å². The van der Waals surface area contributed by atoms with Crippen LogP contribution in [0.15, 0.2) is 45.5 Å². The molecule has 3 N–H and O–H groups in total. The van der Waals surface area contributed by atoms with Crippen molar-refractivity contribution in [3.8, 4) is 0 Å². The van der Waals surface area contributed by atoms with Crippen LogP contribution in [0.2, 0.25) is 0 Å². The van der Waals surface area contributed by atoms with Crippen molar-refractivity contribution in [3.63, 3.8) is 0 Å². The van der Waals surface area contributed by atoms with E-state index < -0.39 is 17.6 Å². The standard InChI is InChI=1S/C14H9F3N2OS2/c15-14(16,17)7-3-1-2-4-9(7)22-12-10(13(18)20)19-8-5-6-21-11(8)12/h1-6,19H,(H2,18,20). The number of nitrogens with one attached hydrogen (secondary N) is 1. The van der Waals surface area contributed by atoms with Crippen LogP contribution in [0.4, 0.5) is 13.2 Å². The fourth-order valence-corrected chi connectivity index (χ4v) is 4.24. The summed E-state index contributed by atoms with van der Waals surface area (Å²) in [6.07, 6.45) is -4.46. The highest BCUT2D eigenvalue weighted by Gasteiger charge is 2.34. The number of aromatic amines is 1. The number of carbonyl (C=O) groups excluding carboxylic acids is 1. The minimum Gasteiger partial charge on any atom is -0.364 e. The average Bonchev–Trinajstić information content (AvgIpc) is 3.01. The molecule has 2 aromatic heterocycles. The molecule has 0 fully saturated rings. The van der Waals surface area contributed by atoms with Gasteiger partial charge in [-0.3, -0.25) is 4.79 Å². The Balaban J connectivity index is 2.13. The first-order chi connectivity index (χ1) is 10.4. The number of amides is 1. The van der Waals surface area contributed by atoms with Crippen molar-refractivity contribution in [1.82, 2.24) is 4.98 Å². The molecule has 0 atom stereocenters. The number of aromatic nitrogens is 1. The summed E-state index contributed by atoms with van der Waals surface area (Å²) in [5, 5.41) is 1.80. The van der Waals surface area contributed by atoms with Crippen molar-refractivity contribution >= 4 is 39.2 Å². The highest BCUT2D eigenvalue weighted by atomic mass is 32.2. The zero-order chi connectivity index (χ0) is 15.9. The molecule has 0 unspecified atom stereocenters. The molecule has 2 heterocycles. The van der Waals surface area contributed by atoms with Crippen molar-refractivity contribution < 1.29 is 18.0 Å². The summed E-state index contributed by atoms with van der Waals surface area (Å²) in [4.78, 5) is 14.8. The van der Waals surface area contributed by atoms with E-state index in [-0.39, 0.29) is 10.6 Å². The number of carbonyl (C=O) groups is 1. The Morgan fingerprint density at radius 3 is 2.64 bits per heavy atom. The summed E-state index contributed by atoms with van der Waals surface area (Å²) in [7, 11) is 0. The Labute approximate surface area is 131 Å². The molecule has 3 rings (SSSR count). The number of hydrogen-bond donors (Lipinski definition) is 2. The topological polar surface area (TPSA) is 58.9 Å². The number of fused-ring (bicyclic) bond motifs is 1. The molecule has 1 amide bonds. The largest absolute Gasteiger partial charge is 0.417 e. The lowest BCUT2D eigenvalue weighted by molar-refractivity contribution is -0.139. The van der Waals surface area contributed by atoms with Crippen molar-refractivity contribution in [1.29, 1.82) is 0 Å². The van der Waals surface area contributed by atoms with Crippen LogP contribution in [0.3, 0.4) is 0 Å². The van der Waals surface area contributed by atoms with Gasteiger partial charge in [-0.15, -0.1) is 11.3 Å². The summed E-state index contributed by atoms with van der Waals surface area (Å²) in [5.74, 6) is -0.699. The zero-order valence-corrected chi connectivity index (χ0v) is 12.5. The van der Waals surface area contributed by atoms with E-state index in [1.54, 1.807) is 11.4 Å². The fraction of sp³-hybridized carbons (Fsp3) is 0.0714. The SMILES string of the molecule is NC(=O)c1[nH]c2ccsc2c1Sc1ccccc1C(F)(F)F. The van der Waals surface area contributed by atoms with E-state index >= 15 is 0 Å². The smallest absolute Gasteiger partial charge is 0.364 e. The Kier molecular flexibility index (Phi) is 3.65. The molecule has 0 aliphatic rings. The summed E-state index contributed by atoms with van der Waals surface area (Å²) in [5.41, 5.74) is 5.39. The molecule has 0 saturated heterocycles. The first-order valence-electron chi connectivity index (χ1n) is 6.11. The highest BCUT2D eigenvalue weighted by Crippen LogP contribution is 2.43. The van der Waals surface area contributed by atoms with Crippen LogP contribution in [0.25, 0.3) is 10.2 Å². The van der Waals surface area contributed by atoms with Crippen LogP contribution in [0.1, 0.15) is 16.1 Å². The number of benzene rings is 1. The second-order valence-corrected chi connectivity index (χ2v) is 6.42.